The van der Waals surface area contributed by atoms with Crippen LogP contribution in [0.5, 0.6) is 0 Å². The Morgan fingerprint density at radius 1 is 1.00 bits per heavy atom. The fourth-order valence-electron chi connectivity index (χ4n) is 2.41. The lowest BCUT2D eigenvalue weighted by Crippen LogP contribution is -2.27. The van der Waals surface area contributed by atoms with E-state index in [1.54, 1.807) is 0 Å². The maximum atomic E-state index is 10.3. The molecule has 2 heteroatoms. The molecule has 1 atom stereocenters. The molecule has 0 heterocycles. The molecular weight excluding hydrogens is 246 g/mol. The monoisotopic (exact) mass is 269 g/mol. The fraction of sp³-hybridized carbons (Fsp3) is 0.333. The minimum atomic E-state index is -0.419. The minimum absolute atomic E-state index is 0.419. The molecule has 0 aliphatic heterocycles. The molecule has 0 spiro atoms. The quantitative estimate of drug-likeness (QED) is 0.870. The highest BCUT2D eigenvalue weighted by molar-refractivity contribution is 5.27. The summed E-state index contributed by atoms with van der Waals surface area (Å²) in [7, 11) is 2.06. The van der Waals surface area contributed by atoms with Crippen molar-refractivity contribution >= 4 is 0 Å². The van der Waals surface area contributed by atoms with Crippen LogP contribution in [-0.2, 0) is 6.42 Å². The highest BCUT2D eigenvalue weighted by Crippen LogP contribution is 2.17. The van der Waals surface area contributed by atoms with Gasteiger partial charge in [0.15, 0.2) is 0 Å². The van der Waals surface area contributed by atoms with Gasteiger partial charge in [-0.15, -0.1) is 0 Å². The van der Waals surface area contributed by atoms with Gasteiger partial charge in [-0.25, -0.2) is 0 Å². The fourth-order valence-corrected chi connectivity index (χ4v) is 2.41. The predicted molar refractivity (Wildman–Crippen MR) is 83.8 cm³/mol. The normalized spacial score (nSPS) is 12.6. The lowest BCUT2D eigenvalue weighted by atomic mass is 10.0. The van der Waals surface area contributed by atoms with Crippen molar-refractivity contribution in [3.05, 3.63) is 71.3 Å². The van der Waals surface area contributed by atoms with Crippen molar-refractivity contribution in [3.63, 3.8) is 0 Å². The third-order valence-corrected chi connectivity index (χ3v) is 3.66. The lowest BCUT2D eigenvalue weighted by Gasteiger charge is -2.21. The first-order valence-corrected chi connectivity index (χ1v) is 7.13. The van der Waals surface area contributed by atoms with E-state index in [1.165, 1.54) is 5.56 Å². The van der Waals surface area contributed by atoms with Crippen molar-refractivity contribution in [2.45, 2.75) is 19.4 Å². The summed E-state index contributed by atoms with van der Waals surface area (Å²) >= 11 is 0. The molecule has 0 aliphatic carbocycles. The second-order valence-electron chi connectivity index (χ2n) is 5.37. The van der Waals surface area contributed by atoms with Gasteiger partial charge in [-0.2, -0.15) is 0 Å². The van der Waals surface area contributed by atoms with Gasteiger partial charge in [0.05, 0.1) is 6.10 Å². The Kier molecular flexibility index (Phi) is 5.33. The second-order valence-corrected chi connectivity index (χ2v) is 5.37. The summed E-state index contributed by atoms with van der Waals surface area (Å²) in [5.74, 6) is 0. The summed E-state index contributed by atoms with van der Waals surface area (Å²) in [6.07, 6.45) is 0.592. The van der Waals surface area contributed by atoms with Crippen LogP contribution in [0.4, 0.5) is 0 Å². The van der Waals surface area contributed by atoms with Crippen LogP contribution in [0.1, 0.15) is 22.8 Å². The van der Waals surface area contributed by atoms with Crippen LogP contribution in [0, 0.1) is 6.92 Å². The zero-order valence-electron chi connectivity index (χ0n) is 12.3. The highest BCUT2D eigenvalue weighted by Gasteiger charge is 2.12. The largest absolute Gasteiger partial charge is 0.387 e. The first kappa shape index (κ1) is 14.8. The van der Waals surface area contributed by atoms with Crippen molar-refractivity contribution in [2.75, 3.05) is 20.1 Å². The molecule has 0 saturated heterocycles. The standard InChI is InChI=1S/C18H23NO/c1-15-8-6-7-11-17(15)18(20)14-19(2)13-12-16-9-4-3-5-10-16/h3-11,18,20H,12-14H2,1-2H3. The molecule has 0 fully saturated rings. The zero-order chi connectivity index (χ0) is 14.4. The number of benzene rings is 2. The van der Waals surface area contributed by atoms with E-state index in [4.69, 9.17) is 0 Å². The van der Waals surface area contributed by atoms with E-state index in [0.29, 0.717) is 6.54 Å². The summed E-state index contributed by atoms with van der Waals surface area (Å²) in [5, 5.41) is 10.3. The van der Waals surface area contributed by atoms with E-state index in [0.717, 1.165) is 24.1 Å². The smallest absolute Gasteiger partial charge is 0.0919 e. The number of aliphatic hydroxyl groups excluding tert-OH is 1. The molecule has 0 bridgehead atoms. The second kappa shape index (κ2) is 7.22. The summed E-state index contributed by atoms with van der Waals surface area (Å²) in [6.45, 7) is 3.66. The van der Waals surface area contributed by atoms with Crippen molar-refractivity contribution in [2.24, 2.45) is 0 Å². The van der Waals surface area contributed by atoms with Gasteiger partial charge in [-0.05, 0) is 37.1 Å². The van der Waals surface area contributed by atoms with E-state index >= 15 is 0 Å². The third-order valence-electron chi connectivity index (χ3n) is 3.66. The van der Waals surface area contributed by atoms with Gasteiger partial charge >= 0.3 is 0 Å². The molecule has 0 saturated carbocycles. The van der Waals surface area contributed by atoms with Crippen LogP contribution in [0.25, 0.3) is 0 Å². The molecular formula is C18H23NO. The summed E-state index contributed by atoms with van der Waals surface area (Å²) < 4.78 is 0. The lowest BCUT2D eigenvalue weighted by molar-refractivity contribution is 0.127. The average Bonchev–Trinajstić information content (AvgIpc) is 2.46. The number of likely N-dealkylation sites (N-methyl/N-ethyl adjacent to an activating group) is 1. The van der Waals surface area contributed by atoms with E-state index in [-0.39, 0.29) is 0 Å². The Hall–Kier alpha value is -1.64. The van der Waals surface area contributed by atoms with Crippen molar-refractivity contribution < 1.29 is 5.11 Å². The summed E-state index contributed by atoms with van der Waals surface area (Å²) in [6, 6.07) is 18.5. The number of aryl methyl sites for hydroxylation is 1. The predicted octanol–water partition coefficient (Wildman–Crippen LogP) is 3.20. The average molecular weight is 269 g/mol. The highest BCUT2D eigenvalue weighted by atomic mass is 16.3. The molecule has 2 aromatic rings. The van der Waals surface area contributed by atoms with Gasteiger partial charge in [0.2, 0.25) is 0 Å². The van der Waals surface area contributed by atoms with E-state index < -0.39 is 6.10 Å². The molecule has 2 rings (SSSR count). The molecule has 0 aliphatic rings. The number of aliphatic hydroxyl groups is 1. The summed E-state index contributed by atoms with van der Waals surface area (Å²) in [5.41, 5.74) is 3.51. The Bertz CT molecular complexity index is 524. The van der Waals surface area contributed by atoms with Crippen molar-refractivity contribution in [1.29, 1.82) is 0 Å². The maximum absolute atomic E-state index is 10.3. The van der Waals surface area contributed by atoms with Crippen molar-refractivity contribution in [1.82, 2.24) is 4.90 Å². The van der Waals surface area contributed by atoms with E-state index in [9.17, 15) is 5.11 Å². The molecule has 20 heavy (non-hydrogen) atoms. The van der Waals surface area contributed by atoms with E-state index in [2.05, 4.69) is 36.2 Å². The molecule has 2 aromatic carbocycles. The van der Waals surface area contributed by atoms with Crippen LogP contribution in [0.15, 0.2) is 54.6 Å². The van der Waals surface area contributed by atoms with Crippen LogP contribution < -0.4 is 0 Å². The topological polar surface area (TPSA) is 23.5 Å². The minimum Gasteiger partial charge on any atom is -0.387 e. The molecule has 0 amide bonds. The van der Waals surface area contributed by atoms with Crippen LogP contribution >= 0.6 is 0 Å². The Labute approximate surface area is 121 Å². The molecule has 0 aromatic heterocycles. The van der Waals surface area contributed by atoms with Crippen LogP contribution in [-0.4, -0.2) is 30.1 Å². The van der Waals surface area contributed by atoms with Crippen molar-refractivity contribution in [3.8, 4) is 0 Å². The number of hydrogen-bond acceptors (Lipinski definition) is 2. The van der Waals surface area contributed by atoms with Gasteiger partial charge in [-0.1, -0.05) is 54.6 Å². The number of rotatable bonds is 6. The molecule has 0 radical (unpaired) electrons. The first-order valence-electron chi connectivity index (χ1n) is 7.13. The van der Waals surface area contributed by atoms with E-state index in [1.807, 2.05) is 37.3 Å². The van der Waals surface area contributed by atoms with Gasteiger partial charge in [0, 0.05) is 13.1 Å². The van der Waals surface area contributed by atoms with Gasteiger partial charge in [0.25, 0.3) is 0 Å². The van der Waals surface area contributed by atoms with Gasteiger partial charge in [0.1, 0.15) is 0 Å². The first-order chi connectivity index (χ1) is 9.66. The Morgan fingerprint density at radius 3 is 2.35 bits per heavy atom. The number of hydrogen-bond donors (Lipinski definition) is 1. The Balaban J connectivity index is 1.85. The van der Waals surface area contributed by atoms with Crippen LogP contribution in [0.3, 0.4) is 0 Å². The SMILES string of the molecule is Cc1ccccc1C(O)CN(C)CCc1ccccc1. The van der Waals surface area contributed by atoms with Crippen LogP contribution in [0.2, 0.25) is 0 Å². The molecule has 2 nitrogen and oxygen atoms in total. The Morgan fingerprint density at radius 2 is 1.65 bits per heavy atom. The molecule has 106 valence electrons. The number of nitrogens with zero attached hydrogens (tertiary/aromatic N) is 1. The zero-order valence-corrected chi connectivity index (χ0v) is 12.3. The summed E-state index contributed by atoms with van der Waals surface area (Å²) in [4.78, 5) is 2.18. The molecule has 1 unspecified atom stereocenters. The maximum Gasteiger partial charge on any atom is 0.0919 e. The molecule has 1 N–H and O–H groups in total. The third kappa shape index (κ3) is 4.19. The van der Waals surface area contributed by atoms with Gasteiger partial charge in [-0.3, -0.25) is 0 Å². The van der Waals surface area contributed by atoms with Gasteiger partial charge < -0.3 is 10.0 Å².